The molecule has 0 fully saturated rings. The number of nitrogens with zero attached hydrogens (tertiary/aromatic N) is 1. The first kappa shape index (κ1) is 16.0. The first-order valence-electron chi connectivity index (χ1n) is 7.29. The molecular weight excluding hydrogens is 276 g/mol. The molecule has 0 aliphatic rings. The Morgan fingerprint density at radius 3 is 2.23 bits per heavy atom. The lowest BCUT2D eigenvalue weighted by molar-refractivity contribution is 0.0954. The van der Waals surface area contributed by atoms with Gasteiger partial charge in [0.25, 0.3) is 5.91 Å². The molecule has 4 heteroatoms. The zero-order valence-electron chi connectivity index (χ0n) is 13.7. The third-order valence-electron chi connectivity index (χ3n) is 3.44. The Morgan fingerprint density at radius 2 is 1.73 bits per heavy atom. The Balaban J connectivity index is 2.06. The molecule has 1 aromatic carbocycles. The van der Waals surface area contributed by atoms with Crippen molar-refractivity contribution in [1.82, 2.24) is 5.43 Å². The van der Waals surface area contributed by atoms with Crippen LogP contribution in [-0.2, 0) is 5.41 Å². The van der Waals surface area contributed by atoms with Gasteiger partial charge in [-0.1, -0.05) is 32.9 Å². The van der Waals surface area contributed by atoms with E-state index in [9.17, 15) is 4.79 Å². The molecule has 4 nitrogen and oxygen atoms in total. The summed E-state index contributed by atoms with van der Waals surface area (Å²) in [5.74, 6) is 1.23. The third kappa shape index (κ3) is 3.85. The first-order chi connectivity index (χ1) is 10.3. The summed E-state index contributed by atoms with van der Waals surface area (Å²) in [6, 6.07) is 11.3. The van der Waals surface area contributed by atoms with Gasteiger partial charge in [0.05, 0.1) is 0 Å². The lowest BCUT2D eigenvalue weighted by atomic mass is 9.87. The second-order valence-electron chi connectivity index (χ2n) is 6.38. The van der Waals surface area contributed by atoms with Crippen molar-refractivity contribution in [3.63, 3.8) is 0 Å². The Hall–Kier alpha value is -2.36. The molecule has 116 valence electrons. The van der Waals surface area contributed by atoms with E-state index < -0.39 is 0 Å². The minimum Gasteiger partial charge on any atom is -0.460 e. The van der Waals surface area contributed by atoms with Gasteiger partial charge in [-0.15, -0.1) is 0 Å². The molecule has 0 radical (unpaired) electrons. The predicted octanol–water partition coefficient (Wildman–Crippen LogP) is 4.04. The summed E-state index contributed by atoms with van der Waals surface area (Å²) >= 11 is 0. The van der Waals surface area contributed by atoms with Gasteiger partial charge in [-0.2, -0.15) is 5.10 Å². The van der Waals surface area contributed by atoms with Crippen molar-refractivity contribution in [3.8, 4) is 0 Å². The minimum atomic E-state index is -0.233. The highest BCUT2D eigenvalue weighted by Crippen LogP contribution is 2.22. The lowest BCUT2D eigenvalue weighted by Crippen LogP contribution is -2.19. The fraction of sp³-hybridized carbons (Fsp3) is 0.333. The number of amides is 1. The summed E-state index contributed by atoms with van der Waals surface area (Å²) in [6.07, 6.45) is 0. The molecule has 1 heterocycles. The van der Waals surface area contributed by atoms with Gasteiger partial charge in [0, 0.05) is 5.56 Å². The molecular formula is C18H22N2O2. The predicted molar refractivity (Wildman–Crippen MR) is 88.3 cm³/mol. The normalized spacial score (nSPS) is 12.3. The van der Waals surface area contributed by atoms with Crippen LogP contribution in [0.25, 0.3) is 0 Å². The monoisotopic (exact) mass is 298 g/mol. The van der Waals surface area contributed by atoms with Gasteiger partial charge in [0.1, 0.15) is 17.2 Å². The molecule has 0 saturated carbocycles. The van der Waals surface area contributed by atoms with E-state index in [0.717, 1.165) is 5.76 Å². The molecule has 0 saturated heterocycles. The van der Waals surface area contributed by atoms with E-state index in [4.69, 9.17) is 4.42 Å². The van der Waals surface area contributed by atoms with Crippen LogP contribution in [0.1, 0.15) is 55.1 Å². The zero-order valence-corrected chi connectivity index (χ0v) is 13.7. The van der Waals surface area contributed by atoms with Crippen molar-refractivity contribution in [1.29, 1.82) is 0 Å². The second kappa shape index (κ2) is 6.18. The van der Waals surface area contributed by atoms with Gasteiger partial charge in [-0.3, -0.25) is 4.79 Å². The summed E-state index contributed by atoms with van der Waals surface area (Å²) in [4.78, 5) is 12.1. The van der Waals surface area contributed by atoms with Crippen LogP contribution >= 0.6 is 0 Å². The number of furan rings is 1. The molecule has 0 atom stereocenters. The summed E-state index contributed by atoms with van der Waals surface area (Å²) in [5, 5.41) is 4.08. The van der Waals surface area contributed by atoms with E-state index in [1.54, 1.807) is 6.92 Å². The lowest BCUT2D eigenvalue weighted by Gasteiger charge is -2.18. The number of nitrogens with one attached hydrogen (secondary N) is 1. The van der Waals surface area contributed by atoms with Crippen LogP contribution in [0.4, 0.5) is 0 Å². The van der Waals surface area contributed by atoms with Gasteiger partial charge in [-0.05, 0) is 49.1 Å². The number of hydrazone groups is 1. The minimum absolute atomic E-state index is 0.0703. The number of hydrogen-bond acceptors (Lipinski definition) is 3. The van der Waals surface area contributed by atoms with Gasteiger partial charge < -0.3 is 4.42 Å². The van der Waals surface area contributed by atoms with Gasteiger partial charge in [0.15, 0.2) is 0 Å². The number of aryl methyl sites for hydroxylation is 1. The number of benzene rings is 1. The average molecular weight is 298 g/mol. The summed E-state index contributed by atoms with van der Waals surface area (Å²) in [6.45, 7) is 10.1. The quantitative estimate of drug-likeness (QED) is 0.687. The molecule has 2 rings (SSSR count). The summed E-state index contributed by atoms with van der Waals surface area (Å²) in [7, 11) is 0. The van der Waals surface area contributed by atoms with Crippen LogP contribution in [0.15, 0.2) is 45.9 Å². The highest BCUT2D eigenvalue weighted by Gasteiger charge is 2.14. The van der Waals surface area contributed by atoms with E-state index >= 15 is 0 Å². The maximum Gasteiger partial charge on any atom is 0.271 e. The van der Waals surface area contributed by atoms with Crippen molar-refractivity contribution in [3.05, 3.63) is 59.0 Å². The SMILES string of the molecule is C/C(=N/NC(=O)c1ccc(C(C)(C)C)cc1)c1ccc(C)o1. The molecule has 0 aliphatic heterocycles. The highest BCUT2D eigenvalue weighted by atomic mass is 16.3. The van der Waals surface area contributed by atoms with Crippen LogP contribution in [-0.4, -0.2) is 11.6 Å². The van der Waals surface area contributed by atoms with Crippen molar-refractivity contribution in [2.24, 2.45) is 5.10 Å². The van der Waals surface area contributed by atoms with Crippen molar-refractivity contribution >= 4 is 11.6 Å². The Morgan fingerprint density at radius 1 is 1.09 bits per heavy atom. The van der Waals surface area contributed by atoms with Crippen molar-refractivity contribution in [2.45, 2.75) is 40.0 Å². The largest absolute Gasteiger partial charge is 0.460 e. The third-order valence-corrected chi connectivity index (χ3v) is 3.44. The Bertz CT molecular complexity index is 689. The number of carbonyl (C=O) groups is 1. The van der Waals surface area contributed by atoms with Gasteiger partial charge >= 0.3 is 0 Å². The van der Waals surface area contributed by atoms with E-state index in [0.29, 0.717) is 17.0 Å². The summed E-state index contributed by atoms with van der Waals surface area (Å²) < 4.78 is 5.45. The molecule has 0 bridgehead atoms. The fourth-order valence-electron chi connectivity index (χ4n) is 2.00. The fourth-order valence-corrected chi connectivity index (χ4v) is 2.00. The topological polar surface area (TPSA) is 54.6 Å². The molecule has 1 aromatic heterocycles. The van der Waals surface area contributed by atoms with Gasteiger partial charge in [0.2, 0.25) is 0 Å². The van der Waals surface area contributed by atoms with Crippen LogP contribution < -0.4 is 5.43 Å². The number of carbonyl (C=O) groups excluding carboxylic acids is 1. The molecule has 0 aliphatic carbocycles. The van der Waals surface area contributed by atoms with Gasteiger partial charge in [-0.25, -0.2) is 5.43 Å². The maximum absolute atomic E-state index is 12.1. The molecule has 0 spiro atoms. The highest BCUT2D eigenvalue weighted by molar-refractivity contribution is 5.99. The maximum atomic E-state index is 12.1. The van der Waals surface area contributed by atoms with Crippen LogP contribution in [0, 0.1) is 6.92 Å². The first-order valence-corrected chi connectivity index (χ1v) is 7.29. The van der Waals surface area contributed by atoms with Crippen molar-refractivity contribution < 1.29 is 9.21 Å². The standard InChI is InChI=1S/C18H22N2O2/c1-12-6-11-16(22-12)13(2)19-20-17(21)14-7-9-15(10-8-14)18(3,4)5/h6-11H,1-5H3,(H,20,21)/b19-13-. The van der Waals surface area contributed by atoms with Crippen LogP contribution in [0.3, 0.4) is 0 Å². The van der Waals surface area contributed by atoms with Crippen LogP contribution in [0.2, 0.25) is 0 Å². The summed E-state index contributed by atoms with van der Waals surface area (Å²) in [5.41, 5.74) is 5.03. The smallest absolute Gasteiger partial charge is 0.271 e. The molecule has 0 unspecified atom stereocenters. The molecule has 2 aromatic rings. The Kier molecular flexibility index (Phi) is 4.50. The number of rotatable bonds is 3. The zero-order chi connectivity index (χ0) is 16.3. The average Bonchev–Trinajstić information content (AvgIpc) is 2.90. The van der Waals surface area contributed by atoms with E-state index in [-0.39, 0.29) is 11.3 Å². The second-order valence-corrected chi connectivity index (χ2v) is 6.38. The molecule has 22 heavy (non-hydrogen) atoms. The number of hydrogen-bond donors (Lipinski definition) is 1. The van der Waals surface area contributed by atoms with E-state index in [1.807, 2.05) is 43.3 Å². The van der Waals surface area contributed by atoms with Crippen molar-refractivity contribution in [2.75, 3.05) is 0 Å². The van der Waals surface area contributed by atoms with E-state index in [1.165, 1.54) is 5.56 Å². The molecule has 1 amide bonds. The van der Waals surface area contributed by atoms with Crippen LogP contribution in [0.5, 0.6) is 0 Å². The van der Waals surface area contributed by atoms with E-state index in [2.05, 4.69) is 31.3 Å². The Labute approximate surface area is 131 Å². The molecule has 1 N–H and O–H groups in total.